The fraction of sp³-hybridized carbons (Fsp3) is 0.296. The summed E-state index contributed by atoms with van der Waals surface area (Å²) in [4.78, 5) is 13.5. The zero-order chi connectivity index (χ0) is 25.0. The monoisotopic (exact) mass is 494 g/mol. The number of rotatable bonds is 8. The Labute approximate surface area is 206 Å². The fourth-order valence-electron chi connectivity index (χ4n) is 4.30. The van der Waals surface area contributed by atoms with E-state index in [1.807, 2.05) is 49.4 Å². The molecule has 1 heterocycles. The van der Waals surface area contributed by atoms with Crippen LogP contribution in [0.4, 0.5) is 0 Å². The average Bonchev–Trinajstić information content (AvgIpc) is 2.88. The number of fused-ring (bicyclic) bond motifs is 1. The van der Waals surface area contributed by atoms with Crippen LogP contribution >= 0.6 is 0 Å². The third-order valence-electron chi connectivity index (χ3n) is 6.30. The van der Waals surface area contributed by atoms with Crippen LogP contribution in [0.5, 0.6) is 11.5 Å². The van der Waals surface area contributed by atoms with E-state index in [2.05, 4.69) is 5.32 Å². The molecule has 1 amide bonds. The highest BCUT2D eigenvalue weighted by Crippen LogP contribution is 2.30. The first kappa shape index (κ1) is 24.8. The molecule has 0 aliphatic carbocycles. The number of nitrogens with one attached hydrogen (secondary N) is 1. The van der Waals surface area contributed by atoms with Crippen LogP contribution in [0.1, 0.15) is 22.3 Å². The van der Waals surface area contributed by atoms with Crippen LogP contribution < -0.4 is 14.8 Å². The molecular formula is C27H30N2O5S. The summed E-state index contributed by atoms with van der Waals surface area (Å²) < 4.78 is 39.1. The van der Waals surface area contributed by atoms with Gasteiger partial charge in [-0.15, -0.1) is 0 Å². The summed E-state index contributed by atoms with van der Waals surface area (Å²) in [7, 11) is -0.711. The maximum absolute atomic E-state index is 13.6. The van der Waals surface area contributed by atoms with Crippen LogP contribution in [0.25, 0.3) is 0 Å². The van der Waals surface area contributed by atoms with E-state index in [-0.39, 0.29) is 17.3 Å². The van der Waals surface area contributed by atoms with Crippen molar-refractivity contribution in [1.82, 2.24) is 9.62 Å². The highest BCUT2D eigenvalue weighted by atomic mass is 32.2. The van der Waals surface area contributed by atoms with E-state index < -0.39 is 16.1 Å². The van der Waals surface area contributed by atoms with E-state index in [4.69, 9.17) is 9.47 Å². The first-order valence-corrected chi connectivity index (χ1v) is 12.9. The van der Waals surface area contributed by atoms with Crippen molar-refractivity contribution in [3.63, 3.8) is 0 Å². The normalized spacial score (nSPS) is 15.8. The van der Waals surface area contributed by atoms with E-state index >= 15 is 0 Å². The molecule has 1 N–H and O–H groups in total. The molecule has 0 aromatic heterocycles. The summed E-state index contributed by atoms with van der Waals surface area (Å²) >= 11 is 0. The topological polar surface area (TPSA) is 84.9 Å². The molecule has 1 aliphatic heterocycles. The molecule has 8 heteroatoms. The number of carbonyl (C=O) groups excluding carboxylic acids is 1. The number of hydrogen-bond acceptors (Lipinski definition) is 5. The fourth-order valence-corrected chi connectivity index (χ4v) is 5.87. The van der Waals surface area contributed by atoms with E-state index in [1.54, 1.807) is 38.5 Å². The van der Waals surface area contributed by atoms with Gasteiger partial charge in [-0.1, -0.05) is 48.0 Å². The van der Waals surface area contributed by atoms with E-state index in [0.29, 0.717) is 30.9 Å². The summed E-state index contributed by atoms with van der Waals surface area (Å²) in [5, 5.41) is 2.94. The number of amides is 1. The lowest BCUT2D eigenvalue weighted by Crippen LogP contribution is -2.52. The SMILES string of the molecule is COc1ccc(CCNC(=O)[C@H]2Cc3ccccc3CN2S(=O)(=O)c2ccc(C)cc2)cc1OC. The Morgan fingerprint density at radius 3 is 2.34 bits per heavy atom. The van der Waals surface area contributed by atoms with Gasteiger partial charge in [0.15, 0.2) is 11.5 Å². The van der Waals surface area contributed by atoms with Gasteiger partial charge in [0.1, 0.15) is 6.04 Å². The van der Waals surface area contributed by atoms with Crippen molar-refractivity contribution >= 4 is 15.9 Å². The molecule has 0 fully saturated rings. The highest BCUT2D eigenvalue weighted by Gasteiger charge is 2.39. The molecule has 0 spiro atoms. The predicted octanol–water partition coefficient (Wildman–Crippen LogP) is 3.49. The second-order valence-corrected chi connectivity index (χ2v) is 10.5. The van der Waals surface area contributed by atoms with Gasteiger partial charge in [0.05, 0.1) is 19.1 Å². The molecule has 0 unspecified atom stereocenters. The second kappa shape index (κ2) is 10.5. The molecule has 3 aromatic rings. The zero-order valence-corrected chi connectivity index (χ0v) is 21.0. The van der Waals surface area contributed by atoms with Crippen LogP contribution in [0.2, 0.25) is 0 Å². The Hall–Kier alpha value is -3.36. The maximum atomic E-state index is 13.6. The molecule has 0 radical (unpaired) electrons. The van der Waals surface area contributed by atoms with Gasteiger partial charge < -0.3 is 14.8 Å². The van der Waals surface area contributed by atoms with Gasteiger partial charge in [-0.2, -0.15) is 4.31 Å². The van der Waals surface area contributed by atoms with Gasteiger partial charge in [0.2, 0.25) is 15.9 Å². The molecule has 0 bridgehead atoms. The molecular weight excluding hydrogens is 464 g/mol. The largest absolute Gasteiger partial charge is 0.493 e. The van der Waals surface area contributed by atoms with Crippen molar-refractivity contribution in [2.24, 2.45) is 0 Å². The average molecular weight is 495 g/mol. The van der Waals surface area contributed by atoms with Gasteiger partial charge in [-0.3, -0.25) is 4.79 Å². The first-order chi connectivity index (χ1) is 16.8. The number of benzene rings is 3. The number of aryl methyl sites for hydroxylation is 1. The van der Waals surface area contributed by atoms with Crippen LogP contribution in [0, 0.1) is 6.92 Å². The second-order valence-electron chi connectivity index (χ2n) is 8.58. The molecule has 1 atom stereocenters. The predicted molar refractivity (Wildman–Crippen MR) is 134 cm³/mol. The standard InChI is InChI=1S/C27H30N2O5S/c1-19-8-11-23(12-9-19)35(31,32)29-18-22-7-5-4-6-21(22)17-24(29)27(30)28-15-14-20-10-13-25(33-2)26(16-20)34-3/h4-13,16,24H,14-15,17-18H2,1-3H3,(H,28,30)/t24-/m1/s1. The molecule has 35 heavy (non-hydrogen) atoms. The quantitative estimate of drug-likeness (QED) is 0.518. The van der Waals surface area contributed by atoms with Crippen LogP contribution in [0.3, 0.4) is 0 Å². The van der Waals surface area contributed by atoms with Crippen molar-refractivity contribution < 1.29 is 22.7 Å². The Morgan fingerprint density at radius 2 is 1.66 bits per heavy atom. The molecule has 0 saturated carbocycles. The van der Waals surface area contributed by atoms with Gasteiger partial charge in [-0.25, -0.2) is 8.42 Å². The lowest BCUT2D eigenvalue weighted by molar-refractivity contribution is -0.125. The smallest absolute Gasteiger partial charge is 0.244 e. The minimum atomic E-state index is -3.87. The Kier molecular flexibility index (Phi) is 7.42. The van der Waals surface area contributed by atoms with E-state index in [1.165, 1.54) is 4.31 Å². The Morgan fingerprint density at radius 1 is 0.971 bits per heavy atom. The molecule has 184 valence electrons. The van der Waals surface area contributed by atoms with Crippen LogP contribution in [-0.2, 0) is 34.2 Å². The molecule has 0 saturated heterocycles. The number of nitrogens with zero attached hydrogens (tertiary/aromatic N) is 1. The van der Waals surface area contributed by atoms with Crippen molar-refractivity contribution in [1.29, 1.82) is 0 Å². The van der Waals surface area contributed by atoms with Crippen LogP contribution in [-0.4, -0.2) is 45.4 Å². The first-order valence-electron chi connectivity index (χ1n) is 11.5. The van der Waals surface area contributed by atoms with E-state index in [0.717, 1.165) is 22.3 Å². The van der Waals surface area contributed by atoms with Gasteiger partial charge in [0.25, 0.3) is 0 Å². The molecule has 3 aromatic carbocycles. The number of hydrogen-bond donors (Lipinski definition) is 1. The van der Waals surface area contributed by atoms with Crippen molar-refractivity contribution in [2.75, 3.05) is 20.8 Å². The third-order valence-corrected chi connectivity index (χ3v) is 8.17. The summed E-state index contributed by atoms with van der Waals surface area (Å²) in [6.07, 6.45) is 0.892. The lowest BCUT2D eigenvalue weighted by atomic mass is 9.95. The van der Waals surface area contributed by atoms with Crippen molar-refractivity contribution in [3.8, 4) is 11.5 Å². The zero-order valence-electron chi connectivity index (χ0n) is 20.2. The Bertz CT molecular complexity index is 1310. The number of ether oxygens (including phenoxy) is 2. The Balaban J connectivity index is 1.53. The molecule has 4 rings (SSSR count). The molecule has 1 aliphatic rings. The number of sulfonamides is 1. The van der Waals surface area contributed by atoms with Crippen molar-refractivity contribution in [3.05, 3.63) is 89.0 Å². The van der Waals surface area contributed by atoms with E-state index in [9.17, 15) is 13.2 Å². The summed E-state index contributed by atoms with van der Waals surface area (Å²) in [5.41, 5.74) is 3.85. The van der Waals surface area contributed by atoms with Gasteiger partial charge in [0, 0.05) is 13.1 Å². The third kappa shape index (κ3) is 5.33. The van der Waals surface area contributed by atoms with Crippen LogP contribution in [0.15, 0.2) is 71.6 Å². The number of carbonyl (C=O) groups is 1. The highest BCUT2D eigenvalue weighted by molar-refractivity contribution is 7.89. The minimum Gasteiger partial charge on any atom is -0.493 e. The number of methoxy groups -OCH3 is 2. The summed E-state index contributed by atoms with van der Waals surface area (Å²) in [5.74, 6) is 0.948. The van der Waals surface area contributed by atoms with Crippen molar-refractivity contribution in [2.45, 2.75) is 37.2 Å². The summed E-state index contributed by atoms with van der Waals surface area (Å²) in [6.45, 7) is 2.42. The lowest BCUT2D eigenvalue weighted by Gasteiger charge is -2.35. The maximum Gasteiger partial charge on any atom is 0.244 e. The van der Waals surface area contributed by atoms with Gasteiger partial charge >= 0.3 is 0 Å². The van der Waals surface area contributed by atoms with Gasteiger partial charge in [-0.05, 0) is 60.7 Å². The minimum absolute atomic E-state index is 0.153. The molecule has 7 nitrogen and oxygen atoms in total. The summed E-state index contributed by atoms with van der Waals surface area (Å²) in [6, 6.07) is 19.2.